The summed E-state index contributed by atoms with van der Waals surface area (Å²) in [6.45, 7) is 40.9. The van der Waals surface area contributed by atoms with Gasteiger partial charge in [-0.3, -0.25) is 0 Å². The molecule has 0 aliphatic rings. The summed E-state index contributed by atoms with van der Waals surface area (Å²) in [5.41, 5.74) is 13.9. The Morgan fingerprint density at radius 2 is 0.457 bits per heavy atom. The molecule has 10 aromatic rings. The smallest absolute Gasteiger partial charge is 0.235 e. The SMILES string of the molecule is CC(C)(C)c1cc(-c2cnc(Nc3nc(Nc4ncc(-c5cc(C(C)(C)C)cc(C(C)(C)C)c5)c5ccccc45)nc(Nc4ncc(-c5cc(C(C)(C)C)cc(C(C)(C)C)c5)c5ccccc45)n3)c3ccccc23)cc(C(C)(C)C)c1. The molecular weight excluding hydrogens is 991 g/mol. The summed E-state index contributed by atoms with van der Waals surface area (Å²) < 4.78 is 0. The molecule has 0 fully saturated rings. The van der Waals surface area contributed by atoms with Gasteiger partial charge in [-0.1, -0.05) is 252 Å². The van der Waals surface area contributed by atoms with Crippen molar-refractivity contribution in [2.45, 2.75) is 157 Å². The molecule has 4 aromatic heterocycles. The topological polar surface area (TPSA) is 113 Å². The van der Waals surface area contributed by atoms with Gasteiger partial charge in [0.05, 0.1) is 0 Å². The summed E-state index contributed by atoms with van der Waals surface area (Å²) in [5, 5.41) is 16.6. The van der Waals surface area contributed by atoms with E-state index in [4.69, 9.17) is 29.9 Å². The van der Waals surface area contributed by atoms with E-state index in [2.05, 4.69) is 250 Å². The highest BCUT2D eigenvalue weighted by Crippen LogP contribution is 2.42. The van der Waals surface area contributed by atoms with Crippen LogP contribution in [0.2, 0.25) is 0 Å². The van der Waals surface area contributed by atoms with Crippen LogP contribution in [0.25, 0.3) is 65.7 Å². The fourth-order valence-corrected chi connectivity index (χ4v) is 10.4. The summed E-state index contributed by atoms with van der Waals surface area (Å²) in [4.78, 5) is 30.7. The van der Waals surface area contributed by atoms with Gasteiger partial charge in [0.15, 0.2) is 0 Å². The van der Waals surface area contributed by atoms with Crippen molar-refractivity contribution in [1.29, 1.82) is 0 Å². The number of hydrogen-bond donors (Lipinski definition) is 3. The van der Waals surface area contributed by atoms with E-state index in [1.54, 1.807) is 0 Å². The van der Waals surface area contributed by atoms with E-state index in [-0.39, 0.29) is 50.3 Å². The van der Waals surface area contributed by atoms with Crippen LogP contribution in [0.15, 0.2) is 146 Å². The lowest BCUT2D eigenvalue weighted by Crippen LogP contribution is -2.16. The number of rotatable bonds is 9. The van der Waals surface area contributed by atoms with Crippen LogP contribution < -0.4 is 16.0 Å². The molecule has 0 atom stereocenters. The highest BCUT2D eigenvalue weighted by molar-refractivity contribution is 6.05. The van der Waals surface area contributed by atoms with E-state index < -0.39 is 0 Å². The predicted octanol–water partition coefficient (Wildman–Crippen LogP) is 19.5. The maximum atomic E-state index is 5.16. The number of benzene rings is 6. The summed E-state index contributed by atoms with van der Waals surface area (Å²) >= 11 is 0. The van der Waals surface area contributed by atoms with Crippen molar-refractivity contribution in [2.24, 2.45) is 0 Å². The summed E-state index contributed by atoms with van der Waals surface area (Å²) in [5.74, 6) is 2.69. The third-order valence-electron chi connectivity index (χ3n) is 15.6. The molecule has 9 heteroatoms. The Labute approximate surface area is 481 Å². The predicted molar refractivity (Wildman–Crippen MR) is 343 cm³/mol. The maximum absolute atomic E-state index is 5.16. The van der Waals surface area contributed by atoms with Crippen LogP contribution in [0, 0.1) is 0 Å². The van der Waals surface area contributed by atoms with Gasteiger partial charge >= 0.3 is 0 Å². The molecule has 0 saturated heterocycles. The number of anilines is 6. The Balaban J connectivity index is 1.10. The van der Waals surface area contributed by atoms with E-state index in [9.17, 15) is 0 Å². The zero-order valence-electron chi connectivity index (χ0n) is 51.0. The number of hydrogen-bond acceptors (Lipinski definition) is 9. The molecule has 6 aromatic carbocycles. The summed E-state index contributed by atoms with van der Waals surface area (Å²) in [6.07, 6.45) is 5.91. The van der Waals surface area contributed by atoms with Crippen LogP contribution in [-0.4, -0.2) is 29.9 Å². The van der Waals surface area contributed by atoms with Crippen LogP contribution in [0.5, 0.6) is 0 Å². The van der Waals surface area contributed by atoms with E-state index in [0.717, 1.165) is 65.7 Å². The minimum absolute atomic E-state index is 0.0486. The molecule has 4 heterocycles. The molecule has 10 rings (SSSR count). The van der Waals surface area contributed by atoms with Crippen molar-refractivity contribution < 1.29 is 0 Å². The number of nitrogens with one attached hydrogen (secondary N) is 3. The molecule has 0 unspecified atom stereocenters. The monoisotopic (exact) mass is 1070 g/mol. The van der Waals surface area contributed by atoms with E-state index in [1.807, 2.05) is 36.8 Å². The van der Waals surface area contributed by atoms with Crippen molar-refractivity contribution in [3.8, 4) is 33.4 Å². The Hall–Kier alpha value is -8.04. The number of pyridine rings is 3. The van der Waals surface area contributed by atoms with E-state index in [0.29, 0.717) is 17.5 Å². The third kappa shape index (κ3) is 11.9. The Morgan fingerprint density at radius 1 is 0.259 bits per heavy atom. The van der Waals surface area contributed by atoms with E-state index >= 15 is 0 Å². The number of aromatic nitrogens is 6. The zero-order chi connectivity index (χ0) is 58.2. The first-order valence-corrected chi connectivity index (χ1v) is 28.6. The van der Waals surface area contributed by atoms with Crippen LogP contribution >= 0.6 is 0 Å². The fraction of sp³-hybridized carbons (Fsp3) is 0.333. The quantitative estimate of drug-likeness (QED) is 0.130. The van der Waals surface area contributed by atoms with Crippen molar-refractivity contribution in [3.05, 3.63) is 179 Å². The summed E-state index contributed by atoms with van der Waals surface area (Å²) in [7, 11) is 0. The second kappa shape index (κ2) is 20.5. The van der Waals surface area contributed by atoms with Crippen molar-refractivity contribution >= 4 is 67.6 Å². The zero-order valence-corrected chi connectivity index (χ0v) is 51.0. The lowest BCUT2D eigenvalue weighted by molar-refractivity contribution is 0.568. The highest BCUT2D eigenvalue weighted by atomic mass is 15.3. The molecule has 9 nitrogen and oxygen atoms in total. The minimum Gasteiger partial charge on any atom is -0.308 e. The molecule has 0 aliphatic heterocycles. The van der Waals surface area contributed by atoms with Crippen molar-refractivity contribution in [1.82, 2.24) is 29.9 Å². The second-order valence-electron chi connectivity index (χ2n) is 28.3. The molecule has 81 heavy (non-hydrogen) atoms. The molecule has 0 spiro atoms. The lowest BCUT2D eigenvalue weighted by Gasteiger charge is -2.26. The first-order chi connectivity index (χ1) is 37.9. The van der Waals surface area contributed by atoms with Crippen molar-refractivity contribution in [2.75, 3.05) is 16.0 Å². The number of fused-ring (bicyclic) bond motifs is 3. The average Bonchev–Trinajstić information content (AvgIpc) is 3.56. The molecule has 0 saturated carbocycles. The average molecular weight is 1070 g/mol. The van der Waals surface area contributed by atoms with Gasteiger partial charge < -0.3 is 16.0 Å². The molecule has 3 N–H and O–H groups in total. The first kappa shape index (κ1) is 56.2. The third-order valence-corrected chi connectivity index (χ3v) is 15.6. The van der Waals surface area contributed by atoms with Crippen LogP contribution in [0.4, 0.5) is 35.3 Å². The number of nitrogens with zero attached hydrogens (tertiary/aromatic N) is 6. The Morgan fingerprint density at radius 3 is 0.654 bits per heavy atom. The van der Waals surface area contributed by atoms with Crippen LogP contribution in [0.3, 0.4) is 0 Å². The highest BCUT2D eigenvalue weighted by Gasteiger charge is 2.26. The van der Waals surface area contributed by atoms with Gasteiger partial charge in [-0.25, -0.2) is 15.0 Å². The maximum Gasteiger partial charge on any atom is 0.235 e. The first-order valence-electron chi connectivity index (χ1n) is 28.6. The van der Waals surface area contributed by atoms with Gasteiger partial charge in [-0.05, 0) is 98.7 Å². The Kier molecular flexibility index (Phi) is 14.2. The van der Waals surface area contributed by atoms with E-state index in [1.165, 1.54) is 33.4 Å². The molecular formula is C72H81N9. The van der Waals surface area contributed by atoms with Gasteiger partial charge in [0.1, 0.15) is 17.5 Å². The second-order valence-corrected chi connectivity index (χ2v) is 28.3. The Bertz CT molecular complexity index is 3510. The van der Waals surface area contributed by atoms with Gasteiger partial charge in [0.2, 0.25) is 17.8 Å². The largest absolute Gasteiger partial charge is 0.308 e. The molecule has 0 bridgehead atoms. The lowest BCUT2D eigenvalue weighted by atomic mass is 9.78. The molecule has 414 valence electrons. The van der Waals surface area contributed by atoms with Crippen molar-refractivity contribution in [3.63, 3.8) is 0 Å². The van der Waals surface area contributed by atoms with Crippen LogP contribution in [-0.2, 0) is 32.5 Å². The standard InChI is InChI=1S/C72H81N9/c1-67(2,3)46-31-43(32-47(37-46)68(4,5)6)58-40-73-61(55-28-22-19-25-52(55)58)76-64-79-65(77-62-56-29-23-20-26-53(56)59(41-74-62)44-33-48(69(7,8)9)38-49(34-44)70(10,11)12)81-66(80-64)78-63-57-30-24-21-27-54(57)60(42-75-63)45-35-50(71(13,14)15)39-51(36-45)72(16,17)18/h19-42H,1-18H3,(H3,73,74,75,76,77,78,79,80,81). The fourth-order valence-electron chi connectivity index (χ4n) is 10.4. The molecule has 0 aliphatic carbocycles. The minimum atomic E-state index is -0.0486. The molecule has 0 radical (unpaired) electrons. The van der Waals surface area contributed by atoms with Gasteiger partial charge in [-0.2, -0.15) is 15.0 Å². The summed E-state index contributed by atoms with van der Waals surface area (Å²) in [6, 6.07) is 46.2. The molecule has 0 amide bonds. The van der Waals surface area contributed by atoms with Gasteiger partial charge in [0, 0.05) is 51.4 Å². The normalized spacial score (nSPS) is 12.8. The van der Waals surface area contributed by atoms with Gasteiger partial charge in [-0.15, -0.1) is 0 Å². The van der Waals surface area contributed by atoms with Crippen LogP contribution in [0.1, 0.15) is 158 Å². The van der Waals surface area contributed by atoms with Gasteiger partial charge in [0.25, 0.3) is 0 Å².